The zero-order chi connectivity index (χ0) is 59.7. The van der Waals surface area contributed by atoms with E-state index in [1.165, 1.54) is 72.0 Å². The highest BCUT2D eigenvalue weighted by molar-refractivity contribution is 6.11. The number of anilines is 4. The average Bonchev–Trinajstić information content (AvgIpc) is 1.77. The molecule has 428 valence electrons. The molecule has 1 aliphatic heterocycles. The predicted octanol–water partition coefficient (Wildman–Crippen LogP) is 22.0. The molecule has 0 unspecified atom stereocenters. The summed E-state index contributed by atoms with van der Waals surface area (Å²) < 4.78 is 9.84. The van der Waals surface area contributed by atoms with E-state index < -0.39 is 5.41 Å². The summed E-state index contributed by atoms with van der Waals surface area (Å²) in [5.41, 5.74) is 20.7. The van der Waals surface area contributed by atoms with Gasteiger partial charge < -0.3 is 14.5 Å². The second-order valence-corrected chi connectivity index (χ2v) is 27.4. The van der Waals surface area contributed by atoms with Gasteiger partial charge in [0.25, 0.3) is 0 Å². The number of ether oxygens (including phenoxy) is 1. The van der Waals surface area contributed by atoms with E-state index in [0.717, 1.165) is 56.7 Å². The molecule has 0 atom stereocenters. The van der Waals surface area contributed by atoms with Gasteiger partial charge in [-0.1, -0.05) is 236 Å². The first-order valence-corrected chi connectivity index (χ1v) is 30.6. The Balaban J connectivity index is 1.08. The molecule has 5 heteroatoms. The standard InChI is InChI=1S/C80H82N4O/c1-52(2)66-34-26-35-67(53(3)4)75(66)55-37-38-71-72(43-55)83(62-42-56(54-27-18-15-19-28-54)41-60(44-62)79(11,12)57-29-20-16-21-30-57)51-82(71)63-45-61(80(13,14)58-31-22-17-23-32-58)46-64(48-63)85-65-49-69(78(8,9)10)76-68-33-24-25-36-70(68)84(73(76)50-65)74-47-59(39-40-81-74)77(5,6)7/h15-50,52-53H,51H2,1-14H3. The summed E-state index contributed by atoms with van der Waals surface area (Å²) in [6.45, 7) is 33.0. The van der Waals surface area contributed by atoms with Crippen LogP contribution in [0, 0.1) is 0 Å². The lowest BCUT2D eigenvalue weighted by molar-refractivity contribution is 0.477. The summed E-state index contributed by atoms with van der Waals surface area (Å²) in [7, 11) is 0. The fourth-order valence-electron chi connectivity index (χ4n) is 13.0. The molecule has 85 heavy (non-hydrogen) atoms. The van der Waals surface area contributed by atoms with E-state index in [0.29, 0.717) is 18.5 Å². The van der Waals surface area contributed by atoms with Crippen molar-refractivity contribution >= 4 is 44.6 Å². The number of hydrogen-bond donors (Lipinski definition) is 0. The fourth-order valence-corrected chi connectivity index (χ4v) is 13.0. The van der Waals surface area contributed by atoms with Crippen molar-refractivity contribution in [3.05, 3.63) is 263 Å². The maximum Gasteiger partial charge on any atom is 0.137 e. The number of rotatable bonds is 13. The molecule has 0 amide bonds. The van der Waals surface area contributed by atoms with Crippen molar-refractivity contribution in [2.45, 2.75) is 130 Å². The van der Waals surface area contributed by atoms with Gasteiger partial charge in [0, 0.05) is 51.3 Å². The molecule has 0 saturated heterocycles. The Morgan fingerprint density at radius 1 is 0.412 bits per heavy atom. The molecule has 0 saturated carbocycles. The maximum absolute atomic E-state index is 7.49. The van der Waals surface area contributed by atoms with Gasteiger partial charge in [-0.15, -0.1) is 0 Å². The van der Waals surface area contributed by atoms with Crippen molar-refractivity contribution in [3.8, 4) is 39.6 Å². The van der Waals surface area contributed by atoms with Crippen LogP contribution in [0.1, 0.15) is 153 Å². The lowest BCUT2D eigenvalue weighted by atomic mass is 9.77. The lowest BCUT2D eigenvalue weighted by Crippen LogP contribution is -2.26. The summed E-state index contributed by atoms with van der Waals surface area (Å²) >= 11 is 0. The molecule has 3 heterocycles. The van der Waals surface area contributed by atoms with Crippen LogP contribution in [-0.4, -0.2) is 16.2 Å². The van der Waals surface area contributed by atoms with Crippen LogP contribution in [-0.2, 0) is 21.7 Å². The third-order valence-corrected chi connectivity index (χ3v) is 18.1. The second kappa shape index (κ2) is 21.8. The second-order valence-electron chi connectivity index (χ2n) is 27.4. The van der Waals surface area contributed by atoms with Gasteiger partial charge in [-0.25, -0.2) is 4.98 Å². The van der Waals surface area contributed by atoms with Gasteiger partial charge in [0.15, 0.2) is 0 Å². The number of para-hydroxylation sites is 1. The van der Waals surface area contributed by atoms with E-state index >= 15 is 0 Å². The third-order valence-electron chi connectivity index (χ3n) is 18.1. The number of nitrogens with zero attached hydrogens (tertiary/aromatic N) is 4. The Hall–Kier alpha value is -8.67. The normalized spacial score (nSPS) is 13.2. The smallest absolute Gasteiger partial charge is 0.137 e. The molecule has 0 radical (unpaired) electrons. The molecule has 0 N–H and O–H groups in total. The molecule has 12 rings (SSSR count). The Morgan fingerprint density at radius 2 is 0.976 bits per heavy atom. The summed E-state index contributed by atoms with van der Waals surface area (Å²) in [5, 5.41) is 2.42. The monoisotopic (exact) mass is 1110 g/mol. The number of aromatic nitrogens is 2. The Morgan fingerprint density at radius 3 is 1.59 bits per heavy atom. The van der Waals surface area contributed by atoms with Crippen molar-refractivity contribution in [3.63, 3.8) is 0 Å². The molecule has 0 bridgehead atoms. The minimum absolute atomic E-state index is 0.0579. The molecule has 2 aromatic heterocycles. The number of benzene rings is 9. The van der Waals surface area contributed by atoms with E-state index in [1.54, 1.807) is 0 Å². The highest BCUT2D eigenvalue weighted by atomic mass is 16.5. The SMILES string of the molecule is CC(C)c1cccc(C(C)C)c1-c1ccc2c(c1)N(c1cc(-c3ccccc3)cc(C(C)(C)c3ccccc3)c1)CN2c1cc(Oc2cc(C(C)(C)C)c3c4ccccc4n(-c4cc(C(C)(C)C)ccn4)c3c2)cc(C(C)(C)c2ccccc2)c1. The average molecular weight is 1120 g/mol. The van der Waals surface area contributed by atoms with Gasteiger partial charge in [0.1, 0.15) is 24.0 Å². The summed E-state index contributed by atoms with van der Waals surface area (Å²) in [6, 6.07) is 78.8. The van der Waals surface area contributed by atoms with Crippen LogP contribution in [0.5, 0.6) is 11.5 Å². The Labute approximate surface area is 505 Å². The highest BCUT2D eigenvalue weighted by Gasteiger charge is 2.35. The van der Waals surface area contributed by atoms with Gasteiger partial charge in [0.2, 0.25) is 0 Å². The van der Waals surface area contributed by atoms with E-state index in [2.05, 4.69) is 324 Å². The molecule has 0 fully saturated rings. The van der Waals surface area contributed by atoms with Crippen LogP contribution in [0.25, 0.3) is 49.9 Å². The van der Waals surface area contributed by atoms with E-state index in [9.17, 15) is 0 Å². The van der Waals surface area contributed by atoms with Crippen molar-refractivity contribution in [1.29, 1.82) is 0 Å². The van der Waals surface area contributed by atoms with Crippen LogP contribution in [0.15, 0.2) is 219 Å². The van der Waals surface area contributed by atoms with Crippen LogP contribution < -0.4 is 14.5 Å². The topological polar surface area (TPSA) is 33.5 Å². The van der Waals surface area contributed by atoms with Crippen LogP contribution >= 0.6 is 0 Å². The lowest BCUT2D eigenvalue weighted by Gasteiger charge is -2.30. The third kappa shape index (κ3) is 10.6. The first-order valence-electron chi connectivity index (χ1n) is 30.6. The fraction of sp³-hybridized carbons (Fsp3) is 0.263. The number of hydrogen-bond acceptors (Lipinski definition) is 4. The van der Waals surface area contributed by atoms with Crippen molar-refractivity contribution < 1.29 is 4.74 Å². The first-order chi connectivity index (χ1) is 40.6. The molecule has 11 aromatic rings. The Bertz CT molecular complexity index is 4240. The van der Waals surface area contributed by atoms with Gasteiger partial charge in [-0.3, -0.25) is 4.57 Å². The zero-order valence-corrected chi connectivity index (χ0v) is 52.3. The largest absolute Gasteiger partial charge is 0.457 e. The first kappa shape index (κ1) is 56.8. The van der Waals surface area contributed by atoms with Gasteiger partial charge in [0.05, 0.1) is 22.4 Å². The molecule has 1 aliphatic rings. The Kier molecular flexibility index (Phi) is 14.5. The summed E-state index contributed by atoms with van der Waals surface area (Å²) in [5.74, 6) is 3.12. The van der Waals surface area contributed by atoms with Crippen LogP contribution in [0.2, 0.25) is 0 Å². The minimum atomic E-state index is -0.395. The van der Waals surface area contributed by atoms with Crippen molar-refractivity contribution in [2.75, 3.05) is 16.5 Å². The molecule has 9 aromatic carbocycles. The minimum Gasteiger partial charge on any atom is -0.457 e. The van der Waals surface area contributed by atoms with Crippen molar-refractivity contribution in [1.82, 2.24) is 9.55 Å². The van der Waals surface area contributed by atoms with Gasteiger partial charge >= 0.3 is 0 Å². The highest BCUT2D eigenvalue weighted by Crippen LogP contribution is 2.51. The van der Waals surface area contributed by atoms with Crippen LogP contribution in [0.4, 0.5) is 22.7 Å². The quantitative estimate of drug-likeness (QED) is 0.115. The summed E-state index contributed by atoms with van der Waals surface area (Å²) in [6.07, 6.45) is 1.96. The van der Waals surface area contributed by atoms with Gasteiger partial charge in [-0.05, 0) is 150 Å². The predicted molar refractivity (Wildman–Crippen MR) is 361 cm³/mol. The van der Waals surface area contributed by atoms with E-state index in [-0.39, 0.29) is 16.2 Å². The van der Waals surface area contributed by atoms with Crippen LogP contribution in [0.3, 0.4) is 0 Å². The summed E-state index contributed by atoms with van der Waals surface area (Å²) in [4.78, 5) is 10.2. The zero-order valence-electron chi connectivity index (χ0n) is 52.3. The molecular formula is C80H82N4O. The van der Waals surface area contributed by atoms with Gasteiger partial charge in [-0.2, -0.15) is 0 Å². The molecule has 5 nitrogen and oxygen atoms in total. The van der Waals surface area contributed by atoms with Crippen molar-refractivity contribution in [2.24, 2.45) is 0 Å². The van der Waals surface area contributed by atoms with E-state index in [1.807, 2.05) is 6.20 Å². The number of pyridine rings is 1. The molecular weight excluding hydrogens is 1030 g/mol. The maximum atomic E-state index is 7.49. The number of fused-ring (bicyclic) bond motifs is 4. The molecule has 0 aliphatic carbocycles. The molecule has 0 spiro atoms. The van der Waals surface area contributed by atoms with E-state index in [4.69, 9.17) is 9.72 Å².